The van der Waals surface area contributed by atoms with Gasteiger partial charge in [0.25, 0.3) is 0 Å². The van der Waals surface area contributed by atoms with Crippen molar-refractivity contribution < 1.29 is 13.5 Å². The molecule has 1 saturated heterocycles. The lowest BCUT2D eigenvalue weighted by atomic mass is 10.1. The summed E-state index contributed by atoms with van der Waals surface area (Å²) in [5.74, 6) is 1.55. The number of benzene rings is 2. The Hall–Kier alpha value is -3.45. The van der Waals surface area contributed by atoms with E-state index < -0.39 is 0 Å². The summed E-state index contributed by atoms with van der Waals surface area (Å²) in [6.07, 6.45) is 5.43. The van der Waals surface area contributed by atoms with E-state index in [1.165, 1.54) is 12.1 Å². The standard InChI is InChI=1S/C23H21FN4O2/c24-16-3-1-4-17(12-16)27-23-26-14-15-11-19(21-5-2-10-29-21)22(13-20(15)28-23)30-18-6-8-25-9-7-18/h1-5,10-14,18,25H,6-9H2,(H,26,27,28). The van der Waals surface area contributed by atoms with Gasteiger partial charge in [-0.25, -0.2) is 14.4 Å². The van der Waals surface area contributed by atoms with Crippen LogP contribution in [0, 0.1) is 5.82 Å². The fraction of sp³-hybridized carbons (Fsp3) is 0.217. The first-order valence-corrected chi connectivity index (χ1v) is 9.99. The highest BCUT2D eigenvalue weighted by atomic mass is 19.1. The number of nitrogens with zero attached hydrogens (tertiary/aromatic N) is 2. The first kappa shape index (κ1) is 18.6. The van der Waals surface area contributed by atoms with Crippen LogP contribution in [0.4, 0.5) is 16.0 Å². The molecule has 0 unspecified atom stereocenters. The highest BCUT2D eigenvalue weighted by Crippen LogP contribution is 2.35. The normalized spacial score (nSPS) is 14.7. The Morgan fingerprint density at radius 3 is 2.80 bits per heavy atom. The molecule has 0 bridgehead atoms. The van der Waals surface area contributed by atoms with E-state index >= 15 is 0 Å². The molecule has 4 aromatic rings. The van der Waals surface area contributed by atoms with Crippen LogP contribution in [0.25, 0.3) is 22.2 Å². The smallest absolute Gasteiger partial charge is 0.227 e. The number of fused-ring (bicyclic) bond motifs is 1. The lowest BCUT2D eigenvalue weighted by Gasteiger charge is -2.25. The van der Waals surface area contributed by atoms with Crippen molar-refractivity contribution in [2.75, 3.05) is 18.4 Å². The Morgan fingerprint density at radius 2 is 2.00 bits per heavy atom. The maximum atomic E-state index is 13.5. The van der Waals surface area contributed by atoms with E-state index in [9.17, 15) is 4.39 Å². The Bertz CT molecular complexity index is 1160. The summed E-state index contributed by atoms with van der Waals surface area (Å²) < 4.78 is 25.5. The number of hydrogen-bond donors (Lipinski definition) is 2. The van der Waals surface area contributed by atoms with Crippen LogP contribution < -0.4 is 15.4 Å². The van der Waals surface area contributed by atoms with Crippen LogP contribution in [0.1, 0.15) is 12.8 Å². The summed E-state index contributed by atoms with van der Waals surface area (Å²) >= 11 is 0. The van der Waals surface area contributed by atoms with Crippen LogP contribution in [0.15, 0.2) is 65.4 Å². The number of halogens is 1. The molecule has 0 aliphatic carbocycles. The van der Waals surface area contributed by atoms with Gasteiger partial charge in [-0.15, -0.1) is 0 Å². The minimum Gasteiger partial charge on any atom is -0.489 e. The number of piperidine rings is 1. The summed E-state index contributed by atoms with van der Waals surface area (Å²) in [6.45, 7) is 1.89. The van der Waals surface area contributed by atoms with Gasteiger partial charge in [-0.05, 0) is 62.3 Å². The van der Waals surface area contributed by atoms with E-state index in [1.807, 2.05) is 24.3 Å². The van der Waals surface area contributed by atoms with Gasteiger partial charge in [0.1, 0.15) is 23.4 Å². The molecule has 0 saturated carbocycles. The van der Waals surface area contributed by atoms with Crippen molar-refractivity contribution in [2.24, 2.45) is 0 Å². The van der Waals surface area contributed by atoms with Crippen molar-refractivity contribution in [1.82, 2.24) is 15.3 Å². The third-order valence-corrected chi connectivity index (χ3v) is 5.13. The third kappa shape index (κ3) is 3.97. The topological polar surface area (TPSA) is 72.2 Å². The fourth-order valence-electron chi connectivity index (χ4n) is 3.63. The average molecular weight is 404 g/mol. The van der Waals surface area contributed by atoms with Crippen molar-refractivity contribution in [2.45, 2.75) is 18.9 Å². The van der Waals surface area contributed by atoms with E-state index in [0.717, 1.165) is 53.9 Å². The average Bonchev–Trinajstić information content (AvgIpc) is 3.29. The van der Waals surface area contributed by atoms with Crippen LogP contribution in [0.2, 0.25) is 0 Å². The van der Waals surface area contributed by atoms with Gasteiger partial charge in [-0.3, -0.25) is 0 Å². The van der Waals surface area contributed by atoms with E-state index in [0.29, 0.717) is 11.6 Å². The van der Waals surface area contributed by atoms with Crippen LogP contribution >= 0.6 is 0 Å². The molecular formula is C23H21FN4O2. The molecule has 0 spiro atoms. The number of ether oxygens (including phenoxy) is 1. The third-order valence-electron chi connectivity index (χ3n) is 5.13. The Balaban J connectivity index is 1.52. The Morgan fingerprint density at radius 1 is 1.10 bits per heavy atom. The van der Waals surface area contributed by atoms with Gasteiger partial charge in [0.05, 0.1) is 17.3 Å². The summed E-state index contributed by atoms with van der Waals surface area (Å²) in [7, 11) is 0. The Kier molecular flexibility index (Phi) is 5.03. The van der Waals surface area contributed by atoms with Crippen molar-refractivity contribution in [3.05, 3.63) is 66.8 Å². The molecule has 30 heavy (non-hydrogen) atoms. The van der Waals surface area contributed by atoms with E-state index in [-0.39, 0.29) is 11.9 Å². The molecule has 0 radical (unpaired) electrons. The van der Waals surface area contributed by atoms with Crippen molar-refractivity contribution in [3.8, 4) is 17.1 Å². The molecule has 7 heteroatoms. The quantitative estimate of drug-likeness (QED) is 0.493. The van der Waals surface area contributed by atoms with Gasteiger partial charge < -0.3 is 19.8 Å². The molecular weight excluding hydrogens is 383 g/mol. The first-order chi connectivity index (χ1) is 14.7. The molecule has 6 nitrogen and oxygen atoms in total. The predicted octanol–water partition coefficient (Wildman–Crippen LogP) is 4.90. The minimum atomic E-state index is -0.318. The van der Waals surface area contributed by atoms with Gasteiger partial charge in [0.15, 0.2) is 0 Å². The fourth-order valence-corrected chi connectivity index (χ4v) is 3.63. The monoisotopic (exact) mass is 404 g/mol. The number of nitrogens with one attached hydrogen (secondary N) is 2. The maximum Gasteiger partial charge on any atom is 0.227 e. The van der Waals surface area contributed by atoms with Crippen LogP contribution in [-0.4, -0.2) is 29.2 Å². The molecule has 0 atom stereocenters. The van der Waals surface area contributed by atoms with Gasteiger partial charge in [-0.2, -0.15) is 0 Å². The number of furan rings is 1. The van der Waals surface area contributed by atoms with Gasteiger partial charge in [0.2, 0.25) is 5.95 Å². The minimum absolute atomic E-state index is 0.143. The van der Waals surface area contributed by atoms with Crippen LogP contribution in [0.3, 0.4) is 0 Å². The lowest BCUT2D eigenvalue weighted by Crippen LogP contribution is -2.34. The van der Waals surface area contributed by atoms with Gasteiger partial charge in [-0.1, -0.05) is 6.07 Å². The second kappa shape index (κ2) is 8.12. The second-order valence-electron chi connectivity index (χ2n) is 7.28. The Labute approximate surface area is 173 Å². The molecule has 152 valence electrons. The SMILES string of the molecule is Fc1cccc(Nc2ncc3cc(-c4ccco4)c(OC4CCNCC4)cc3n2)c1. The zero-order valence-electron chi connectivity index (χ0n) is 16.3. The maximum absolute atomic E-state index is 13.5. The molecule has 0 amide bonds. The number of rotatable bonds is 5. The van der Waals surface area contributed by atoms with Gasteiger partial charge in [0, 0.05) is 23.3 Å². The molecule has 5 rings (SSSR count). The van der Waals surface area contributed by atoms with Crippen LogP contribution in [0.5, 0.6) is 5.75 Å². The molecule has 2 aromatic heterocycles. The number of hydrogen-bond acceptors (Lipinski definition) is 6. The lowest BCUT2D eigenvalue weighted by molar-refractivity contribution is 0.163. The first-order valence-electron chi connectivity index (χ1n) is 9.99. The summed E-state index contributed by atoms with van der Waals surface area (Å²) in [5.41, 5.74) is 2.20. The van der Waals surface area contributed by atoms with Crippen molar-refractivity contribution >= 4 is 22.5 Å². The highest BCUT2D eigenvalue weighted by molar-refractivity contribution is 5.87. The predicted molar refractivity (Wildman–Crippen MR) is 113 cm³/mol. The molecule has 1 aliphatic heterocycles. The summed E-state index contributed by atoms with van der Waals surface area (Å²) in [6, 6.07) is 13.9. The van der Waals surface area contributed by atoms with Crippen LogP contribution in [-0.2, 0) is 0 Å². The van der Waals surface area contributed by atoms with Crippen molar-refractivity contribution in [1.29, 1.82) is 0 Å². The molecule has 2 aromatic carbocycles. The second-order valence-corrected chi connectivity index (χ2v) is 7.28. The number of anilines is 2. The zero-order chi connectivity index (χ0) is 20.3. The summed E-state index contributed by atoms with van der Waals surface area (Å²) in [4.78, 5) is 8.98. The molecule has 2 N–H and O–H groups in total. The number of aromatic nitrogens is 2. The van der Waals surface area contributed by atoms with E-state index in [2.05, 4.69) is 20.6 Å². The summed E-state index contributed by atoms with van der Waals surface area (Å²) in [5, 5.41) is 7.27. The van der Waals surface area contributed by atoms with E-state index in [4.69, 9.17) is 9.15 Å². The van der Waals surface area contributed by atoms with Crippen molar-refractivity contribution in [3.63, 3.8) is 0 Å². The molecule has 1 aliphatic rings. The van der Waals surface area contributed by atoms with E-state index in [1.54, 1.807) is 24.6 Å². The molecule has 1 fully saturated rings. The largest absolute Gasteiger partial charge is 0.489 e. The zero-order valence-corrected chi connectivity index (χ0v) is 16.3. The molecule has 3 heterocycles. The van der Waals surface area contributed by atoms with Gasteiger partial charge >= 0.3 is 0 Å². The highest BCUT2D eigenvalue weighted by Gasteiger charge is 2.19.